The van der Waals surface area contributed by atoms with Crippen molar-refractivity contribution in [2.24, 2.45) is 0 Å². The monoisotopic (exact) mass is 363 g/mol. The summed E-state index contributed by atoms with van der Waals surface area (Å²) in [4.78, 5) is 2.16. The second-order valence-corrected chi connectivity index (χ2v) is 6.61. The first-order chi connectivity index (χ1) is 10.4. The lowest BCUT2D eigenvalue weighted by atomic mass is 10.0. The Bertz CT molecular complexity index is 670. The molecule has 0 aliphatic carbocycles. The fraction of sp³-hybridized carbons (Fsp3) is 0.333. The second-order valence-electron chi connectivity index (χ2n) is 5.69. The molecule has 3 nitrogen and oxygen atoms in total. The van der Waals surface area contributed by atoms with Crippen LogP contribution in [-0.2, 0) is 13.1 Å². The average molecular weight is 364 g/mol. The average Bonchev–Trinajstić information content (AvgIpc) is 2.45. The van der Waals surface area contributed by atoms with Crippen LogP contribution in [0.1, 0.15) is 22.3 Å². The fourth-order valence-electron chi connectivity index (χ4n) is 2.50. The molecule has 1 N–H and O–H groups in total. The summed E-state index contributed by atoms with van der Waals surface area (Å²) in [6, 6.07) is 9.88. The predicted molar refractivity (Wildman–Crippen MR) is 93.4 cm³/mol. The molecule has 0 radical (unpaired) electrons. The molecule has 0 spiro atoms. The number of phenolic OH excluding ortho intramolecular Hbond substituents is 1. The molecular formula is C18H22BrNO2. The number of aromatic hydroxyl groups is 1. The van der Waals surface area contributed by atoms with Crippen LogP contribution < -0.4 is 4.74 Å². The largest absolute Gasteiger partial charge is 0.508 e. The van der Waals surface area contributed by atoms with E-state index in [2.05, 4.69) is 39.9 Å². The number of rotatable bonds is 5. The van der Waals surface area contributed by atoms with Gasteiger partial charge in [-0.25, -0.2) is 0 Å². The van der Waals surface area contributed by atoms with Crippen molar-refractivity contribution in [1.82, 2.24) is 4.90 Å². The van der Waals surface area contributed by atoms with Crippen LogP contribution in [0, 0.1) is 13.8 Å². The van der Waals surface area contributed by atoms with Crippen LogP contribution in [0.4, 0.5) is 0 Å². The van der Waals surface area contributed by atoms with Crippen molar-refractivity contribution in [1.29, 1.82) is 0 Å². The molecule has 0 saturated carbocycles. The third-order valence-corrected chi connectivity index (χ3v) is 4.31. The van der Waals surface area contributed by atoms with Gasteiger partial charge in [-0.2, -0.15) is 0 Å². The predicted octanol–water partition coefficient (Wildman–Crippen LogP) is 4.41. The number of ether oxygens (including phenoxy) is 1. The highest BCUT2D eigenvalue weighted by Gasteiger charge is 2.11. The van der Waals surface area contributed by atoms with Crippen LogP contribution in [0.25, 0.3) is 0 Å². The standard InChI is InChI=1S/C18H22BrNO2/c1-12-7-14(17(21)8-13(12)2)10-20(3)11-15-9-16(19)5-6-18(15)22-4/h5-9,21H,10-11H2,1-4H3. The molecule has 2 aromatic carbocycles. The highest BCUT2D eigenvalue weighted by Crippen LogP contribution is 2.26. The van der Waals surface area contributed by atoms with Crippen molar-refractivity contribution >= 4 is 15.9 Å². The number of hydrogen-bond donors (Lipinski definition) is 1. The van der Waals surface area contributed by atoms with Crippen LogP contribution >= 0.6 is 15.9 Å². The summed E-state index contributed by atoms with van der Waals surface area (Å²) < 4.78 is 6.45. The van der Waals surface area contributed by atoms with E-state index in [-0.39, 0.29) is 0 Å². The summed E-state index contributed by atoms with van der Waals surface area (Å²) >= 11 is 3.50. The number of phenols is 1. The molecule has 0 fully saturated rings. The lowest BCUT2D eigenvalue weighted by molar-refractivity contribution is 0.304. The Morgan fingerprint density at radius 3 is 2.36 bits per heavy atom. The fourth-order valence-corrected chi connectivity index (χ4v) is 2.90. The maximum Gasteiger partial charge on any atom is 0.123 e. The first kappa shape index (κ1) is 16.8. The molecule has 4 heteroatoms. The zero-order valence-electron chi connectivity index (χ0n) is 13.5. The molecule has 22 heavy (non-hydrogen) atoms. The Labute approximate surface area is 140 Å². The Kier molecular flexibility index (Phi) is 5.48. The number of benzene rings is 2. The van der Waals surface area contributed by atoms with Gasteiger partial charge in [0, 0.05) is 28.7 Å². The maximum atomic E-state index is 10.1. The van der Waals surface area contributed by atoms with Crippen LogP contribution in [0.3, 0.4) is 0 Å². The minimum atomic E-state index is 0.358. The molecule has 0 aromatic heterocycles. The van der Waals surface area contributed by atoms with Gasteiger partial charge in [-0.1, -0.05) is 22.0 Å². The molecule has 0 aliphatic rings. The van der Waals surface area contributed by atoms with E-state index in [1.165, 1.54) is 5.56 Å². The van der Waals surface area contributed by atoms with Gasteiger partial charge in [0.1, 0.15) is 11.5 Å². The molecule has 0 unspecified atom stereocenters. The van der Waals surface area contributed by atoms with Gasteiger partial charge in [-0.05, 0) is 56.3 Å². The topological polar surface area (TPSA) is 32.7 Å². The Morgan fingerprint density at radius 1 is 1.05 bits per heavy atom. The summed E-state index contributed by atoms with van der Waals surface area (Å²) in [5.41, 5.74) is 4.36. The van der Waals surface area contributed by atoms with Crippen LogP contribution in [0.5, 0.6) is 11.5 Å². The molecule has 2 rings (SSSR count). The van der Waals surface area contributed by atoms with Gasteiger partial charge in [-0.3, -0.25) is 4.90 Å². The SMILES string of the molecule is COc1ccc(Br)cc1CN(C)Cc1cc(C)c(C)cc1O. The first-order valence-electron chi connectivity index (χ1n) is 7.20. The van der Waals surface area contributed by atoms with E-state index in [0.29, 0.717) is 12.3 Å². The Balaban J connectivity index is 2.15. The summed E-state index contributed by atoms with van der Waals surface area (Å²) in [6.07, 6.45) is 0. The van der Waals surface area contributed by atoms with Gasteiger partial charge in [0.05, 0.1) is 7.11 Å². The normalized spacial score (nSPS) is 11.0. The zero-order chi connectivity index (χ0) is 16.3. The van der Waals surface area contributed by atoms with E-state index in [1.54, 1.807) is 7.11 Å². The smallest absolute Gasteiger partial charge is 0.123 e. The van der Waals surface area contributed by atoms with Crippen LogP contribution in [-0.4, -0.2) is 24.2 Å². The van der Waals surface area contributed by atoms with Crippen LogP contribution in [0.2, 0.25) is 0 Å². The highest BCUT2D eigenvalue weighted by molar-refractivity contribution is 9.10. The lowest BCUT2D eigenvalue weighted by Crippen LogP contribution is -2.18. The number of nitrogens with zero attached hydrogens (tertiary/aromatic N) is 1. The molecule has 118 valence electrons. The van der Waals surface area contributed by atoms with E-state index in [4.69, 9.17) is 4.74 Å². The molecule has 0 heterocycles. The third kappa shape index (κ3) is 4.02. The highest BCUT2D eigenvalue weighted by atomic mass is 79.9. The van der Waals surface area contributed by atoms with Crippen molar-refractivity contribution in [3.8, 4) is 11.5 Å². The molecule has 0 bridgehead atoms. The van der Waals surface area contributed by atoms with Crippen molar-refractivity contribution in [3.63, 3.8) is 0 Å². The second kappa shape index (κ2) is 7.16. The Hall–Kier alpha value is -1.52. The van der Waals surface area contributed by atoms with Crippen molar-refractivity contribution in [3.05, 3.63) is 57.1 Å². The number of halogens is 1. The minimum absolute atomic E-state index is 0.358. The van der Waals surface area contributed by atoms with Gasteiger partial charge in [-0.15, -0.1) is 0 Å². The van der Waals surface area contributed by atoms with E-state index in [1.807, 2.05) is 32.2 Å². The van der Waals surface area contributed by atoms with Gasteiger partial charge in [0.2, 0.25) is 0 Å². The maximum absolute atomic E-state index is 10.1. The van der Waals surface area contributed by atoms with Gasteiger partial charge in [0.15, 0.2) is 0 Å². The van der Waals surface area contributed by atoms with Crippen molar-refractivity contribution < 1.29 is 9.84 Å². The first-order valence-corrected chi connectivity index (χ1v) is 8.00. The van der Waals surface area contributed by atoms with Gasteiger partial charge >= 0.3 is 0 Å². The molecule has 0 saturated heterocycles. The molecule has 0 aliphatic heterocycles. The molecule has 2 aromatic rings. The van der Waals surface area contributed by atoms with Crippen LogP contribution in [0.15, 0.2) is 34.8 Å². The Morgan fingerprint density at radius 2 is 1.68 bits per heavy atom. The molecular weight excluding hydrogens is 342 g/mol. The third-order valence-electron chi connectivity index (χ3n) is 3.82. The van der Waals surface area contributed by atoms with Gasteiger partial charge < -0.3 is 9.84 Å². The minimum Gasteiger partial charge on any atom is -0.508 e. The van der Waals surface area contributed by atoms with E-state index in [9.17, 15) is 5.11 Å². The van der Waals surface area contributed by atoms with E-state index < -0.39 is 0 Å². The number of hydrogen-bond acceptors (Lipinski definition) is 3. The van der Waals surface area contributed by atoms with Gasteiger partial charge in [0.25, 0.3) is 0 Å². The number of methoxy groups -OCH3 is 1. The lowest BCUT2D eigenvalue weighted by Gasteiger charge is -2.20. The number of aryl methyl sites for hydroxylation is 2. The quantitative estimate of drug-likeness (QED) is 0.853. The molecule has 0 amide bonds. The molecule has 0 atom stereocenters. The summed E-state index contributed by atoms with van der Waals surface area (Å²) in [5, 5.41) is 10.1. The van der Waals surface area contributed by atoms with Crippen molar-refractivity contribution in [2.45, 2.75) is 26.9 Å². The summed E-state index contributed by atoms with van der Waals surface area (Å²) in [7, 11) is 3.72. The summed E-state index contributed by atoms with van der Waals surface area (Å²) in [6.45, 7) is 5.50. The van der Waals surface area contributed by atoms with E-state index >= 15 is 0 Å². The zero-order valence-corrected chi connectivity index (χ0v) is 15.1. The summed E-state index contributed by atoms with van der Waals surface area (Å²) in [5.74, 6) is 1.23. The van der Waals surface area contributed by atoms with E-state index in [0.717, 1.165) is 33.5 Å². The van der Waals surface area contributed by atoms with Crippen molar-refractivity contribution in [2.75, 3.05) is 14.2 Å².